The molecule has 0 aromatic carbocycles. The van der Waals surface area contributed by atoms with Crippen LogP contribution >= 0.6 is 0 Å². The molecule has 0 unspecified atom stereocenters. The van der Waals surface area contributed by atoms with Gasteiger partial charge in [-0.2, -0.15) is 0 Å². The summed E-state index contributed by atoms with van der Waals surface area (Å²) in [7, 11) is 0. The maximum Gasteiger partial charge on any atom is 0.159 e. The SMILES string of the molecule is CCOCCOCC(=O)CC(CC)(CN=[N+]=[N-])CN=[N+]=[N-]. The molecule has 0 aliphatic heterocycles. The Morgan fingerprint density at radius 2 is 1.67 bits per heavy atom. The first-order valence-corrected chi connectivity index (χ1v) is 6.83. The van der Waals surface area contributed by atoms with Gasteiger partial charge in [-0.15, -0.1) is 0 Å². The zero-order valence-electron chi connectivity index (χ0n) is 12.6. The van der Waals surface area contributed by atoms with Gasteiger partial charge in [0.2, 0.25) is 0 Å². The van der Waals surface area contributed by atoms with Crippen LogP contribution in [0, 0.1) is 5.41 Å². The summed E-state index contributed by atoms with van der Waals surface area (Å²) in [5.74, 6) is -0.116. The van der Waals surface area contributed by atoms with E-state index in [0.717, 1.165) is 0 Å². The number of hydrogen-bond acceptors (Lipinski definition) is 5. The first kappa shape index (κ1) is 19.2. The third-order valence-corrected chi connectivity index (χ3v) is 3.10. The van der Waals surface area contributed by atoms with Crippen molar-refractivity contribution in [3.8, 4) is 0 Å². The molecule has 0 spiro atoms. The van der Waals surface area contributed by atoms with Crippen molar-refractivity contribution in [1.29, 1.82) is 0 Å². The highest BCUT2D eigenvalue weighted by molar-refractivity contribution is 5.80. The Kier molecular flexibility index (Phi) is 11.0. The van der Waals surface area contributed by atoms with E-state index in [1.807, 2.05) is 13.8 Å². The van der Waals surface area contributed by atoms with Gasteiger partial charge in [-0.1, -0.05) is 17.2 Å². The van der Waals surface area contributed by atoms with Gasteiger partial charge in [-0.25, -0.2) is 0 Å². The van der Waals surface area contributed by atoms with Crippen LogP contribution in [0.15, 0.2) is 10.2 Å². The molecule has 0 aromatic heterocycles. The Morgan fingerprint density at radius 3 is 2.14 bits per heavy atom. The summed E-state index contributed by atoms with van der Waals surface area (Å²) in [5, 5.41) is 7.05. The van der Waals surface area contributed by atoms with E-state index in [9.17, 15) is 4.79 Å². The largest absolute Gasteiger partial charge is 0.379 e. The normalized spacial score (nSPS) is 12.9. The van der Waals surface area contributed by atoms with Gasteiger partial charge in [0.05, 0.1) is 13.2 Å². The minimum Gasteiger partial charge on any atom is -0.379 e. The molecule has 0 amide bonds. The highest BCUT2D eigenvalue weighted by atomic mass is 16.5. The van der Waals surface area contributed by atoms with Gasteiger partial charge in [0.15, 0.2) is 5.78 Å². The Hall–Kier alpha value is -1.79. The van der Waals surface area contributed by atoms with E-state index in [0.29, 0.717) is 26.2 Å². The molecular formula is C12H22N6O3. The summed E-state index contributed by atoms with van der Waals surface area (Å²) in [6.45, 7) is 5.35. The van der Waals surface area contributed by atoms with Gasteiger partial charge in [0.1, 0.15) is 6.61 Å². The van der Waals surface area contributed by atoms with Crippen LogP contribution in [0.4, 0.5) is 0 Å². The highest BCUT2D eigenvalue weighted by Crippen LogP contribution is 2.28. The number of nitrogens with zero attached hydrogens (tertiary/aromatic N) is 6. The van der Waals surface area contributed by atoms with Crippen molar-refractivity contribution in [3.63, 3.8) is 0 Å². The minimum atomic E-state index is -0.640. The molecule has 0 heterocycles. The average molecular weight is 298 g/mol. The fraction of sp³-hybridized carbons (Fsp3) is 0.917. The lowest BCUT2D eigenvalue weighted by molar-refractivity contribution is -0.126. The molecule has 0 N–H and O–H groups in total. The molecule has 0 aliphatic carbocycles. The van der Waals surface area contributed by atoms with E-state index in [1.54, 1.807) is 0 Å². The second-order valence-electron chi connectivity index (χ2n) is 4.60. The summed E-state index contributed by atoms with van der Waals surface area (Å²) in [6, 6.07) is 0. The van der Waals surface area contributed by atoms with Crippen LogP contribution in [0.5, 0.6) is 0 Å². The summed E-state index contributed by atoms with van der Waals surface area (Å²) in [5.41, 5.74) is 16.2. The number of azide groups is 2. The highest BCUT2D eigenvalue weighted by Gasteiger charge is 2.29. The van der Waals surface area contributed by atoms with E-state index < -0.39 is 5.41 Å². The number of carbonyl (C=O) groups excluding carboxylic acids is 1. The smallest absolute Gasteiger partial charge is 0.159 e. The zero-order valence-corrected chi connectivity index (χ0v) is 12.6. The summed E-state index contributed by atoms with van der Waals surface area (Å²) < 4.78 is 10.3. The molecule has 118 valence electrons. The quantitative estimate of drug-likeness (QED) is 0.224. The molecule has 0 atom stereocenters. The molecule has 9 nitrogen and oxygen atoms in total. The number of Topliss-reactive ketones (excluding diaryl/α,β-unsaturated/α-hetero) is 1. The molecule has 0 saturated carbocycles. The second kappa shape index (κ2) is 12.0. The van der Waals surface area contributed by atoms with Crippen molar-refractivity contribution in [2.45, 2.75) is 26.7 Å². The second-order valence-corrected chi connectivity index (χ2v) is 4.60. The zero-order chi connectivity index (χ0) is 16.0. The van der Waals surface area contributed by atoms with Gasteiger partial charge < -0.3 is 9.47 Å². The summed E-state index contributed by atoms with van der Waals surface area (Å²) in [4.78, 5) is 17.4. The van der Waals surface area contributed by atoms with E-state index in [2.05, 4.69) is 20.1 Å². The molecule has 9 heteroatoms. The van der Waals surface area contributed by atoms with Gasteiger partial charge in [-0.05, 0) is 29.8 Å². The predicted molar refractivity (Wildman–Crippen MR) is 77.7 cm³/mol. The first-order valence-electron chi connectivity index (χ1n) is 6.83. The Morgan fingerprint density at radius 1 is 1.10 bits per heavy atom. The number of ether oxygens (including phenoxy) is 2. The molecule has 0 radical (unpaired) electrons. The van der Waals surface area contributed by atoms with Gasteiger partial charge in [-0.3, -0.25) is 4.79 Å². The number of rotatable bonds is 13. The summed E-state index contributed by atoms with van der Waals surface area (Å²) >= 11 is 0. The van der Waals surface area contributed by atoms with Crippen molar-refractivity contribution >= 4 is 5.78 Å². The van der Waals surface area contributed by atoms with E-state index in [4.69, 9.17) is 20.5 Å². The third-order valence-electron chi connectivity index (χ3n) is 3.10. The van der Waals surface area contributed by atoms with Crippen LogP contribution in [-0.2, 0) is 14.3 Å². The Bertz CT molecular complexity index is 382. The van der Waals surface area contributed by atoms with Crippen molar-refractivity contribution in [3.05, 3.63) is 20.9 Å². The third kappa shape index (κ3) is 8.88. The fourth-order valence-corrected chi connectivity index (χ4v) is 1.79. The standard InChI is InChI=1S/C12H22N6O3/c1-3-12(9-15-17-13,10-16-18-14)7-11(19)8-21-6-5-20-4-2/h3-10H2,1-2H3. The average Bonchev–Trinajstić information content (AvgIpc) is 2.50. The molecular weight excluding hydrogens is 276 g/mol. The van der Waals surface area contributed by atoms with Crippen LogP contribution in [0.1, 0.15) is 26.7 Å². The van der Waals surface area contributed by atoms with Crippen molar-refractivity contribution in [2.75, 3.05) is 39.5 Å². The van der Waals surface area contributed by atoms with Crippen LogP contribution < -0.4 is 0 Å². The minimum absolute atomic E-state index is 0.0264. The molecule has 0 aliphatic rings. The van der Waals surface area contributed by atoms with E-state index in [1.165, 1.54) is 0 Å². The molecule has 21 heavy (non-hydrogen) atoms. The molecule has 0 fully saturated rings. The Labute approximate surface area is 123 Å². The number of hydrogen-bond donors (Lipinski definition) is 0. The molecule has 0 rings (SSSR count). The number of carbonyl (C=O) groups is 1. The maximum atomic E-state index is 11.9. The fourth-order valence-electron chi connectivity index (χ4n) is 1.79. The van der Waals surface area contributed by atoms with Crippen molar-refractivity contribution in [1.82, 2.24) is 0 Å². The molecule has 0 aromatic rings. The van der Waals surface area contributed by atoms with Crippen LogP contribution in [0.3, 0.4) is 0 Å². The monoisotopic (exact) mass is 298 g/mol. The molecule has 0 saturated heterocycles. The van der Waals surface area contributed by atoms with Crippen LogP contribution in [0.2, 0.25) is 0 Å². The van der Waals surface area contributed by atoms with E-state index in [-0.39, 0.29) is 31.9 Å². The van der Waals surface area contributed by atoms with Crippen LogP contribution in [-0.4, -0.2) is 45.3 Å². The van der Waals surface area contributed by atoms with Crippen molar-refractivity contribution in [2.24, 2.45) is 15.6 Å². The summed E-state index contributed by atoms with van der Waals surface area (Å²) in [6.07, 6.45) is 0.714. The van der Waals surface area contributed by atoms with Crippen LogP contribution in [0.25, 0.3) is 20.9 Å². The van der Waals surface area contributed by atoms with Crippen molar-refractivity contribution < 1.29 is 14.3 Å². The topological polar surface area (TPSA) is 133 Å². The van der Waals surface area contributed by atoms with Gasteiger partial charge in [0.25, 0.3) is 0 Å². The lowest BCUT2D eigenvalue weighted by atomic mass is 9.80. The lowest BCUT2D eigenvalue weighted by Crippen LogP contribution is -2.31. The predicted octanol–water partition coefficient (Wildman–Crippen LogP) is 3.02. The van der Waals surface area contributed by atoms with E-state index >= 15 is 0 Å². The first-order chi connectivity index (χ1) is 10.1. The molecule has 0 bridgehead atoms. The number of ketones is 1. The lowest BCUT2D eigenvalue weighted by Gasteiger charge is -2.28. The van der Waals surface area contributed by atoms with Gasteiger partial charge >= 0.3 is 0 Å². The van der Waals surface area contributed by atoms with Gasteiger partial charge in [0, 0.05) is 35.9 Å². The Balaban J connectivity index is 4.45. The maximum absolute atomic E-state index is 11.9.